The van der Waals surface area contributed by atoms with Crippen LogP contribution in [0.2, 0.25) is 0 Å². The summed E-state index contributed by atoms with van der Waals surface area (Å²) in [6.45, 7) is 7.69. The first-order valence-electron chi connectivity index (χ1n) is 9.42. The van der Waals surface area contributed by atoms with Gasteiger partial charge in [0.05, 0.1) is 23.8 Å². The summed E-state index contributed by atoms with van der Waals surface area (Å²) in [5.74, 6) is -0.164. The SMILES string of the molecule is CCc1cccc(C)c1NS(=O)(=O)c1ccc(C)c(C(=O)N2CCOCC2)c1. The molecule has 7 heteroatoms. The van der Waals surface area contributed by atoms with E-state index in [1.807, 2.05) is 39.0 Å². The zero-order valence-electron chi connectivity index (χ0n) is 16.5. The Morgan fingerprint density at radius 1 is 1.11 bits per heavy atom. The second-order valence-corrected chi connectivity index (χ2v) is 8.63. The minimum absolute atomic E-state index is 0.0833. The van der Waals surface area contributed by atoms with Gasteiger partial charge < -0.3 is 9.64 Å². The van der Waals surface area contributed by atoms with Crippen LogP contribution in [-0.4, -0.2) is 45.5 Å². The molecule has 0 spiro atoms. The number of anilines is 1. The third-order valence-corrected chi connectivity index (χ3v) is 6.37. The second-order valence-electron chi connectivity index (χ2n) is 6.95. The highest BCUT2D eigenvalue weighted by Crippen LogP contribution is 2.26. The fraction of sp³-hybridized carbons (Fsp3) is 0.381. The minimum Gasteiger partial charge on any atom is -0.378 e. The summed E-state index contributed by atoms with van der Waals surface area (Å²) in [6.07, 6.45) is 0.716. The summed E-state index contributed by atoms with van der Waals surface area (Å²) in [4.78, 5) is 14.7. The molecule has 1 saturated heterocycles. The quantitative estimate of drug-likeness (QED) is 0.834. The lowest BCUT2D eigenvalue weighted by molar-refractivity contribution is 0.0302. The van der Waals surface area contributed by atoms with Crippen LogP contribution in [0.1, 0.15) is 34.0 Å². The van der Waals surface area contributed by atoms with Gasteiger partial charge in [-0.1, -0.05) is 31.2 Å². The van der Waals surface area contributed by atoms with Gasteiger partial charge in [-0.15, -0.1) is 0 Å². The van der Waals surface area contributed by atoms with Gasteiger partial charge in [0.1, 0.15) is 0 Å². The van der Waals surface area contributed by atoms with E-state index < -0.39 is 10.0 Å². The highest BCUT2D eigenvalue weighted by molar-refractivity contribution is 7.92. The van der Waals surface area contributed by atoms with E-state index in [9.17, 15) is 13.2 Å². The van der Waals surface area contributed by atoms with Crippen molar-refractivity contribution in [3.05, 3.63) is 58.7 Å². The molecule has 2 aromatic rings. The van der Waals surface area contributed by atoms with E-state index in [1.54, 1.807) is 11.0 Å². The molecule has 0 saturated carbocycles. The number of benzene rings is 2. The van der Waals surface area contributed by atoms with E-state index in [4.69, 9.17) is 4.74 Å². The third kappa shape index (κ3) is 4.20. The van der Waals surface area contributed by atoms with Gasteiger partial charge in [0.2, 0.25) is 0 Å². The van der Waals surface area contributed by atoms with E-state index >= 15 is 0 Å². The number of ether oxygens (including phenoxy) is 1. The Labute approximate surface area is 166 Å². The van der Waals surface area contributed by atoms with Crippen molar-refractivity contribution in [1.29, 1.82) is 0 Å². The number of hydrogen-bond acceptors (Lipinski definition) is 4. The van der Waals surface area contributed by atoms with Crippen LogP contribution in [0, 0.1) is 13.8 Å². The molecule has 28 heavy (non-hydrogen) atoms. The van der Waals surface area contributed by atoms with Crippen LogP contribution in [0.25, 0.3) is 0 Å². The summed E-state index contributed by atoms with van der Waals surface area (Å²) in [6, 6.07) is 10.4. The fourth-order valence-corrected chi connectivity index (χ4v) is 4.50. The summed E-state index contributed by atoms with van der Waals surface area (Å²) < 4.78 is 34.1. The lowest BCUT2D eigenvalue weighted by Crippen LogP contribution is -2.41. The molecule has 1 N–H and O–H groups in total. The molecule has 0 aliphatic carbocycles. The van der Waals surface area contributed by atoms with Gasteiger partial charge in [0.25, 0.3) is 15.9 Å². The van der Waals surface area contributed by atoms with E-state index in [2.05, 4.69) is 4.72 Å². The zero-order chi connectivity index (χ0) is 20.3. The number of para-hydroxylation sites is 1. The monoisotopic (exact) mass is 402 g/mol. The maximum atomic E-state index is 13.0. The molecule has 1 heterocycles. The second kappa shape index (κ2) is 8.32. The molecule has 0 radical (unpaired) electrons. The van der Waals surface area contributed by atoms with Crippen molar-refractivity contribution in [2.45, 2.75) is 32.1 Å². The topological polar surface area (TPSA) is 75.7 Å². The van der Waals surface area contributed by atoms with E-state index in [0.29, 0.717) is 44.0 Å². The molecule has 150 valence electrons. The fourth-order valence-electron chi connectivity index (χ4n) is 3.30. The van der Waals surface area contributed by atoms with Crippen LogP contribution in [-0.2, 0) is 21.2 Å². The highest BCUT2D eigenvalue weighted by Gasteiger charge is 2.23. The Morgan fingerprint density at radius 2 is 1.82 bits per heavy atom. The van der Waals surface area contributed by atoms with Gasteiger partial charge in [0, 0.05) is 18.7 Å². The number of sulfonamides is 1. The average Bonchev–Trinajstić information content (AvgIpc) is 2.69. The number of rotatable bonds is 5. The van der Waals surface area contributed by atoms with Gasteiger partial charge >= 0.3 is 0 Å². The van der Waals surface area contributed by atoms with Crippen LogP contribution < -0.4 is 4.72 Å². The smallest absolute Gasteiger partial charge is 0.261 e. The highest BCUT2D eigenvalue weighted by atomic mass is 32.2. The number of morpholine rings is 1. The lowest BCUT2D eigenvalue weighted by Gasteiger charge is -2.27. The number of nitrogens with one attached hydrogen (secondary N) is 1. The molecule has 2 aromatic carbocycles. The first kappa shape index (κ1) is 20.4. The Balaban J connectivity index is 1.94. The summed E-state index contributed by atoms with van der Waals surface area (Å²) in [5.41, 5.74) is 3.55. The molecule has 0 atom stereocenters. The molecule has 1 amide bonds. The number of nitrogens with zero attached hydrogens (tertiary/aromatic N) is 1. The van der Waals surface area contributed by atoms with E-state index in [1.165, 1.54) is 12.1 Å². The van der Waals surface area contributed by atoms with Crippen LogP contribution in [0.5, 0.6) is 0 Å². The van der Waals surface area contributed by atoms with Crippen LogP contribution in [0.15, 0.2) is 41.3 Å². The van der Waals surface area contributed by atoms with Crippen LogP contribution >= 0.6 is 0 Å². The van der Waals surface area contributed by atoms with Gasteiger partial charge in [-0.05, 0) is 49.1 Å². The molecule has 0 bridgehead atoms. The predicted molar refractivity (Wildman–Crippen MR) is 109 cm³/mol. The third-order valence-electron chi connectivity index (χ3n) is 5.02. The molecule has 0 unspecified atom stereocenters. The predicted octanol–water partition coefficient (Wildman–Crippen LogP) is 3.14. The number of carbonyl (C=O) groups excluding carboxylic acids is 1. The van der Waals surface area contributed by atoms with Crippen molar-refractivity contribution >= 4 is 21.6 Å². The number of aryl methyl sites for hydroxylation is 3. The van der Waals surface area contributed by atoms with E-state index in [-0.39, 0.29) is 10.8 Å². The van der Waals surface area contributed by atoms with Crippen molar-refractivity contribution < 1.29 is 17.9 Å². The van der Waals surface area contributed by atoms with Crippen LogP contribution in [0.4, 0.5) is 5.69 Å². The Hall–Kier alpha value is -2.38. The lowest BCUT2D eigenvalue weighted by atomic mass is 10.1. The van der Waals surface area contributed by atoms with E-state index in [0.717, 1.165) is 16.7 Å². The van der Waals surface area contributed by atoms with Gasteiger partial charge in [-0.3, -0.25) is 9.52 Å². The maximum Gasteiger partial charge on any atom is 0.261 e. The summed E-state index contributed by atoms with van der Waals surface area (Å²) >= 11 is 0. The first-order chi connectivity index (χ1) is 13.3. The van der Waals surface area contributed by atoms with Crippen molar-refractivity contribution in [1.82, 2.24) is 4.90 Å². The Kier molecular flexibility index (Phi) is 6.05. The van der Waals surface area contributed by atoms with Gasteiger partial charge in [-0.2, -0.15) is 0 Å². The van der Waals surface area contributed by atoms with Crippen molar-refractivity contribution in [3.63, 3.8) is 0 Å². The Morgan fingerprint density at radius 3 is 2.50 bits per heavy atom. The molecule has 1 fully saturated rings. The Bertz CT molecular complexity index is 980. The maximum absolute atomic E-state index is 13.0. The molecular formula is C21H26N2O4S. The van der Waals surface area contributed by atoms with Crippen LogP contribution in [0.3, 0.4) is 0 Å². The standard InChI is InChI=1S/C21H26N2O4S/c1-4-17-7-5-6-16(3)20(17)22-28(25,26)18-9-8-15(2)19(14-18)21(24)23-10-12-27-13-11-23/h5-9,14,22H,4,10-13H2,1-3H3. The summed E-state index contributed by atoms with van der Waals surface area (Å²) in [5, 5.41) is 0. The number of hydrogen-bond donors (Lipinski definition) is 1. The van der Waals surface area contributed by atoms with Crippen molar-refractivity contribution in [3.8, 4) is 0 Å². The molecule has 0 aromatic heterocycles. The molecule has 1 aliphatic rings. The van der Waals surface area contributed by atoms with Crippen molar-refractivity contribution in [2.24, 2.45) is 0 Å². The molecule has 6 nitrogen and oxygen atoms in total. The number of amides is 1. The molecular weight excluding hydrogens is 376 g/mol. The van der Waals surface area contributed by atoms with Crippen molar-refractivity contribution in [2.75, 3.05) is 31.0 Å². The zero-order valence-corrected chi connectivity index (χ0v) is 17.3. The minimum atomic E-state index is -3.82. The average molecular weight is 403 g/mol. The first-order valence-corrected chi connectivity index (χ1v) is 10.9. The number of carbonyl (C=O) groups is 1. The molecule has 3 rings (SSSR count). The normalized spacial score (nSPS) is 14.8. The largest absolute Gasteiger partial charge is 0.378 e. The molecule has 1 aliphatic heterocycles. The summed E-state index contributed by atoms with van der Waals surface area (Å²) in [7, 11) is -3.82. The van der Waals surface area contributed by atoms with Gasteiger partial charge in [0.15, 0.2) is 0 Å². The van der Waals surface area contributed by atoms with Gasteiger partial charge in [-0.25, -0.2) is 8.42 Å².